The first-order valence-corrected chi connectivity index (χ1v) is 8.12. The number of rotatable bonds is 7. The van der Waals surface area contributed by atoms with Crippen LogP contribution in [0.4, 0.5) is 6.01 Å². The molecule has 9 nitrogen and oxygen atoms in total. The molecule has 0 spiro atoms. The third kappa shape index (κ3) is 4.92. The summed E-state index contributed by atoms with van der Waals surface area (Å²) in [5, 5.41) is 18.8. The predicted molar refractivity (Wildman–Crippen MR) is 96.0 cm³/mol. The normalized spacial score (nSPS) is 9.96. The zero-order valence-electron chi connectivity index (χ0n) is 14.5. The highest BCUT2D eigenvalue weighted by molar-refractivity contribution is 5.91. The number of nitriles is 1. The maximum absolute atomic E-state index is 11.8. The molecular weight excluding hydrogens is 364 g/mol. The number of esters is 1. The second kappa shape index (κ2) is 8.95. The van der Waals surface area contributed by atoms with Gasteiger partial charge in [-0.1, -0.05) is 35.4 Å². The lowest BCUT2D eigenvalue weighted by molar-refractivity contribution is -0.149. The van der Waals surface area contributed by atoms with E-state index in [1.807, 2.05) is 24.3 Å². The number of nitrogens with zero attached hydrogens (tertiary/aromatic N) is 3. The third-order valence-electron chi connectivity index (χ3n) is 3.41. The van der Waals surface area contributed by atoms with Gasteiger partial charge in [-0.3, -0.25) is 10.1 Å². The fraction of sp³-hybridized carbons (Fsp3) is 0.105. The molecular formula is C19H14N4O5. The van der Waals surface area contributed by atoms with Crippen LogP contribution < -0.4 is 10.1 Å². The minimum Gasteiger partial charge on any atom is -0.481 e. The number of ether oxygens (including phenoxy) is 2. The fourth-order valence-electron chi connectivity index (χ4n) is 2.14. The molecule has 1 N–H and O–H groups in total. The molecule has 0 fully saturated rings. The Balaban J connectivity index is 1.45. The van der Waals surface area contributed by atoms with Gasteiger partial charge in [-0.2, -0.15) is 5.26 Å². The summed E-state index contributed by atoms with van der Waals surface area (Å²) < 4.78 is 15.4. The Kier molecular flexibility index (Phi) is 5.95. The van der Waals surface area contributed by atoms with E-state index in [1.165, 1.54) is 0 Å². The van der Waals surface area contributed by atoms with E-state index in [2.05, 4.69) is 15.5 Å². The lowest BCUT2D eigenvalue weighted by Crippen LogP contribution is -2.23. The molecule has 3 aromatic rings. The van der Waals surface area contributed by atoms with Crippen molar-refractivity contribution in [1.82, 2.24) is 10.2 Å². The van der Waals surface area contributed by atoms with E-state index >= 15 is 0 Å². The summed E-state index contributed by atoms with van der Waals surface area (Å²) in [4.78, 5) is 23.5. The number of carbonyl (C=O) groups excluding carboxylic acids is 2. The van der Waals surface area contributed by atoms with Crippen LogP contribution in [0, 0.1) is 11.3 Å². The molecule has 0 radical (unpaired) electrons. The molecule has 1 amide bonds. The van der Waals surface area contributed by atoms with Gasteiger partial charge in [0, 0.05) is 5.56 Å². The molecule has 0 aliphatic heterocycles. The van der Waals surface area contributed by atoms with Crippen molar-refractivity contribution >= 4 is 17.9 Å². The molecule has 0 unspecified atom stereocenters. The first-order chi connectivity index (χ1) is 13.7. The van der Waals surface area contributed by atoms with Gasteiger partial charge in [0.2, 0.25) is 5.89 Å². The van der Waals surface area contributed by atoms with Gasteiger partial charge < -0.3 is 13.9 Å². The summed E-state index contributed by atoms with van der Waals surface area (Å²) in [6, 6.07) is 17.3. The molecule has 0 atom stereocenters. The van der Waals surface area contributed by atoms with Crippen molar-refractivity contribution < 1.29 is 23.5 Å². The van der Waals surface area contributed by atoms with E-state index in [4.69, 9.17) is 19.2 Å². The van der Waals surface area contributed by atoms with Gasteiger partial charge in [-0.15, -0.1) is 5.10 Å². The van der Waals surface area contributed by atoms with Crippen LogP contribution in [0.15, 0.2) is 59.0 Å². The topological polar surface area (TPSA) is 127 Å². The number of hydrogen-bond acceptors (Lipinski definition) is 8. The molecule has 2 aromatic carbocycles. The summed E-state index contributed by atoms with van der Waals surface area (Å²) >= 11 is 0. The number of benzene rings is 2. The van der Waals surface area contributed by atoms with E-state index < -0.39 is 25.1 Å². The SMILES string of the molecule is N#Cc1ccccc1OCC(=O)OCC(=O)Nc1nnc(-c2ccccc2)o1. The molecule has 0 bridgehead atoms. The number of nitrogens with one attached hydrogen (secondary N) is 1. The van der Waals surface area contributed by atoms with Crippen molar-refractivity contribution in [3.63, 3.8) is 0 Å². The first kappa shape index (κ1) is 18.6. The summed E-state index contributed by atoms with van der Waals surface area (Å²) in [6.07, 6.45) is 0. The van der Waals surface area contributed by atoms with Crippen molar-refractivity contribution in [1.29, 1.82) is 5.26 Å². The monoisotopic (exact) mass is 378 g/mol. The van der Waals surface area contributed by atoms with Crippen LogP contribution in [0.3, 0.4) is 0 Å². The van der Waals surface area contributed by atoms with Gasteiger partial charge in [0.25, 0.3) is 5.91 Å². The number of anilines is 1. The Labute approximate surface area is 159 Å². The maximum Gasteiger partial charge on any atom is 0.344 e. The molecule has 0 saturated heterocycles. The Hall–Kier alpha value is -4.19. The minimum absolute atomic E-state index is 0.112. The quantitative estimate of drug-likeness (QED) is 0.620. The summed E-state index contributed by atoms with van der Waals surface area (Å²) in [5.41, 5.74) is 0.996. The second-order valence-electron chi connectivity index (χ2n) is 5.38. The zero-order valence-corrected chi connectivity index (χ0v) is 14.5. The van der Waals surface area contributed by atoms with E-state index in [-0.39, 0.29) is 17.7 Å². The summed E-state index contributed by atoms with van der Waals surface area (Å²) in [5.74, 6) is -0.907. The Morgan fingerprint density at radius 3 is 2.57 bits per heavy atom. The summed E-state index contributed by atoms with van der Waals surface area (Å²) in [6.45, 7) is -0.990. The highest BCUT2D eigenvalue weighted by Gasteiger charge is 2.14. The average molecular weight is 378 g/mol. The van der Waals surface area contributed by atoms with Crippen LogP contribution in [0.1, 0.15) is 5.56 Å². The predicted octanol–water partition coefficient (Wildman–Crippen LogP) is 2.17. The van der Waals surface area contributed by atoms with E-state index in [0.29, 0.717) is 11.1 Å². The largest absolute Gasteiger partial charge is 0.481 e. The van der Waals surface area contributed by atoms with Crippen LogP contribution in [-0.2, 0) is 14.3 Å². The average Bonchev–Trinajstić information content (AvgIpc) is 3.20. The molecule has 0 aliphatic rings. The van der Waals surface area contributed by atoms with Gasteiger partial charge in [-0.05, 0) is 24.3 Å². The standard InChI is InChI=1S/C19H14N4O5/c20-10-14-8-4-5-9-15(14)26-12-17(25)27-11-16(24)21-19-23-22-18(28-19)13-6-2-1-3-7-13/h1-9H,11-12H2,(H,21,23,24). The molecule has 140 valence electrons. The number of carbonyl (C=O) groups is 2. The maximum atomic E-state index is 11.8. The smallest absolute Gasteiger partial charge is 0.344 e. The molecule has 1 heterocycles. The third-order valence-corrected chi connectivity index (χ3v) is 3.41. The molecule has 1 aromatic heterocycles. The fourth-order valence-corrected chi connectivity index (χ4v) is 2.14. The lowest BCUT2D eigenvalue weighted by atomic mass is 10.2. The second-order valence-corrected chi connectivity index (χ2v) is 5.38. The van der Waals surface area contributed by atoms with E-state index in [1.54, 1.807) is 36.4 Å². The number of para-hydroxylation sites is 1. The number of aromatic nitrogens is 2. The van der Waals surface area contributed by atoms with Gasteiger partial charge >= 0.3 is 12.0 Å². The van der Waals surface area contributed by atoms with Crippen molar-refractivity contribution in [2.24, 2.45) is 0 Å². The van der Waals surface area contributed by atoms with E-state index in [9.17, 15) is 9.59 Å². The Morgan fingerprint density at radius 2 is 1.79 bits per heavy atom. The molecule has 0 saturated carbocycles. The molecule has 3 rings (SSSR count). The van der Waals surface area contributed by atoms with Crippen LogP contribution >= 0.6 is 0 Å². The molecule has 28 heavy (non-hydrogen) atoms. The van der Waals surface area contributed by atoms with Crippen molar-refractivity contribution in [3.05, 3.63) is 60.2 Å². The first-order valence-electron chi connectivity index (χ1n) is 8.12. The van der Waals surface area contributed by atoms with Crippen molar-refractivity contribution in [3.8, 4) is 23.3 Å². The Bertz CT molecular complexity index is 1010. The van der Waals surface area contributed by atoms with Gasteiger partial charge in [0.15, 0.2) is 13.2 Å². The van der Waals surface area contributed by atoms with Crippen molar-refractivity contribution in [2.45, 2.75) is 0 Å². The molecule has 9 heteroatoms. The van der Waals surface area contributed by atoms with Crippen LogP contribution in [-0.4, -0.2) is 35.3 Å². The summed E-state index contributed by atoms with van der Waals surface area (Å²) in [7, 11) is 0. The highest BCUT2D eigenvalue weighted by Crippen LogP contribution is 2.19. The zero-order chi connectivity index (χ0) is 19.8. The van der Waals surface area contributed by atoms with Gasteiger partial charge in [-0.25, -0.2) is 4.79 Å². The highest BCUT2D eigenvalue weighted by atomic mass is 16.6. The minimum atomic E-state index is -0.765. The van der Waals surface area contributed by atoms with Gasteiger partial charge in [0.05, 0.1) is 5.56 Å². The Morgan fingerprint density at radius 1 is 1.04 bits per heavy atom. The van der Waals surface area contributed by atoms with Crippen LogP contribution in [0.5, 0.6) is 5.75 Å². The van der Waals surface area contributed by atoms with Gasteiger partial charge in [0.1, 0.15) is 11.8 Å². The van der Waals surface area contributed by atoms with Crippen LogP contribution in [0.2, 0.25) is 0 Å². The van der Waals surface area contributed by atoms with E-state index in [0.717, 1.165) is 0 Å². The van der Waals surface area contributed by atoms with Crippen LogP contribution in [0.25, 0.3) is 11.5 Å². The number of hydrogen-bond donors (Lipinski definition) is 1. The number of amides is 1. The lowest BCUT2D eigenvalue weighted by Gasteiger charge is -2.07. The van der Waals surface area contributed by atoms with Crippen molar-refractivity contribution in [2.75, 3.05) is 18.5 Å². The molecule has 0 aliphatic carbocycles.